The maximum Gasteiger partial charge on any atom is 0.293 e. The average Bonchev–Trinajstić information content (AvgIpc) is 2.39. The fraction of sp³-hybridized carbons (Fsp3) is 0.462. The molecule has 0 radical (unpaired) electrons. The minimum Gasteiger partial charge on any atom is -0.383 e. The number of ketones is 1. The lowest BCUT2D eigenvalue weighted by molar-refractivity contribution is -0.384. The first-order chi connectivity index (χ1) is 9.01. The van der Waals surface area contributed by atoms with Gasteiger partial charge in [-0.15, -0.1) is 0 Å². The van der Waals surface area contributed by atoms with Gasteiger partial charge >= 0.3 is 0 Å². The molecule has 0 atom stereocenters. The third-order valence-electron chi connectivity index (χ3n) is 2.87. The summed E-state index contributed by atoms with van der Waals surface area (Å²) in [5.41, 5.74) is 0.804. The summed E-state index contributed by atoms with van der Waals surface area (Å²) in [5, 5.41) is 11.1. The number of hydrogen-bond acceptors (Lipinski definition) is 5. The molecule has 0 aliphatic rings. The number of likely N-dealkylation sites (N-methyl/N-ethyl adjacent to an activating group) is 1. The lowest BCUT2D eigenvalue weighted by atomic mass is 10.1. The van der Waals surface area contributed by atoms with E-state index in [2.05, 4.69) is 0 Å². The van der Waals surface area contributed by atoms with Crippen molar-refractivity contribution in [3.05, 3.63) is 33.9 Å². The first-order valence-corrected chi connectivity index (χ1v) is 6.04. The Bertz CT molecular complexity index is 474. The molecule has 104 valence electrons. The lowest BCUT2D eigenvalue weighted by Gasteiger charge is -2.22. The standard InChI is InChI=1S/C13H18N2O4/c1-4-14(7-8-19-3)12-6-5-11(10(2)16)9-13(12)15(17)18/h5-6,9H,4,7-8H2,1-3H3. The maximum absolute atomic E-state index is 11.3. The Morgan fingerprint density at radius 3 is 2.63 bits per heavy atom. The van der Waals surface area contributed by atoms with Gasteiger partial charge in [-0.3, -0.25) is 14.9 Å². The van der Waals surface area contributed by atoms with Crippen molar-refractivity contribution in [3.8, 4) is 0 Å². The SMILES string of the molecule is CCN(CCOC)c1ccc(C(C)=O)cc1[N+](=O)[O-]. The summed E-state index contributed by atoms with van der Waals surface area (Å²) in [6, 6.07) is 4.56. The van der Waals surface area contributed by atoms with Crippen LogP contribution in [0.5, 0.6) is 0 Å². The highest BCUT2D eigenvalue weighted by Gasteiger charge is 2.20. The lowest BCUT2D eigenvalue weighted by Crippen LogP contribution is -2.27. The van der Waals surface area contributed by atoms with E-state index < -0.39 is 4.92 Å². The zero-order chi connectivity index (χ0) is 14.4. The fourth-order valence-corrected chi connectivity index (χ4v) is 1.81. The summed E-state index contributed by atoms with van der Waals surface area (Å²) in [4.78, 5) is 23.8. The summed E-state index contributed by atoms with van der Waals surface area (Å²) in [7, 11) is 1.58. The average molecular weight is 266 g/mol. The Labute approximate surface area is 112 Å². The molecule has 6 nitrogen and oxygen atoms in total. The van der Waals surface area contributed by atoms with Gasteiger partial charge in [0.25, 0.3) is 5.69 Å². The minimum atomic E-state index is -0.461. The Kier molecular flexibility index (Phi) is 5.44. The van der Waals surface area contributed by atoms with Crippen LogP contribution in [0.25, 0.3) is 0 Å². The molecule has 0 N–H and O–H groups in total. The van der Waals surface area contributed by atoms with Crippen LogP contribution in [0.2, 0.25) is 0 Å². The van der Waals surface area contributed by atoms with Gasteiger partial charge < -0.3 is 9.64 Å². The molecule has 19 heavy (non-hydrogen) atoms. The number of nitro groups is 1. The molecular weight excluding hydrogens is 248 g/mol. The third-order valence-corrected chi connectivity index (χ3v) is 2.87. The van der Waals surface area contributed by atoms with Crippen molar-refractivity contribution in [1.82, 2.24) is 0 Å². The fourth-order valence-electron chi connectivity index (χ4n) is 1.81. The smallest absolute Gasteiger partial charge is 0.293 e. The van der Waals surface area contributed by atoms with Gasteiger partial charge in [0.1, 0.15) is 5.69 Å². The first-order valence-electron chi connectivity index (χ1n) is 6.04. The van der Waals surface area contributed by atoms with Crippen molar-refractivity contribution in [2.75, 3.05) is 31.7 Å². The van der Waals surface area contributed by atoms with E-state index in [1.165, 1.54) is 13.0 Å². The van der Waals surface area contributed by atoms with Crippen molar-refractivity contribution >= 4 is 17.2 Å². The molecular formula is C13H18N2O4. The molecule has 0 aliphatic carbocycles. The zero-order valence-electron chi connectivity index (χ0n) is 11.4. The van der Waals surface area contributed by atoms with Gasteiger partial charge in [0.05, 0.1) is 11.5 Å². The molecule has 0 amide bonds. The Morgan fingerprint density at radius 1 is 1.47 bits per heavy atom. The van der Waals surface area contributed by atoms with E-state index in [1.807, 2.05) is 11.8 Å². The minimum absolute atomic E-state index is 0.0503. The highest BCUT2D eigenvalue weighted by atomic mass is 16.6. The zero-order valence-corrected chi connectivity index (χ0v) is 11.4. The number of hydrogen-bond donors (Lipinski definition) is 0. The maximum atomic E-state index is 11.3. The molecule has 0 heterocycles. The summed E-state index contributed by atoms with van der Waals surface area (Å²) in [6.45, 7) is 4.98. The van der Waals surface area contributed by atoms with Crippen LogP contribution in [0.1, 0.15) is 24.2 Å². The Morgan fingerprint density at radius 2 is 2.16 bits per heavy atom. The number of rotatable bonds is 7. The second-order valence-electron chi connectivity index (χ2n) is 4.09. The molecule has 0 saturated heterocycles. The van der Waals surface area contributed by atoms with Crippen molar-refractivity contribution in [1.29, 1.82) is 0 Å². The Hall–Kier alpha value is -1.95. The molecule has 0 spiro atoms. The number of benzene rings is 1. The predicted molar refractivity (Wildman–Crippen MR) is 72.9 cm³/mol. The van der Waals surface area contributed by atoms with Crippen LogP contribution in [0.15, 0.2) is 18.2 Å². The molecule has 6 heteroatoms. The van der Waals surface area contributed by atoms with E-state index in [0.717, 1.165) is 0 Å². The molecule has 1 rings (SSSR count). The van der Waals surface area contributed by atoms with Gasteiger partial charge in [-0.25, -0.2) is 0 Å². The molecule has 0 bridgehead atoms. The molecule has 1 aromatic rings. The first kappa shape index (κ1) is 15.1. The quantitative estimate of drug-likeness (QED) is 0.430. The van der Waals surface area contributed by atoms with E-state index >= 15 is 0 Å². The van der Waals surface area contributed by atoms with E-state index in [1.54, 1.807) is 19.2 Å². The van der Waals surface area contributed by atoms with Crippen LogP contribution in [0, 0.1) is 10.1 Å². The number of ether oxygens (including phenoxy) is 1. The van der Waals surface area contributed by atoms with Crippen LogP contribution in [-0.4, -0.2) is 37.5 Å². The van der Waals surface area contributed by atoms with Crippen LogP contribution in [0.3, 0.4) is 0 Å². The van der Waals surface area contributed by atoms with Gasteiger partial charge in [-0.1, -0.05) is 0 Å². The van der Waals surface area contributed by atoms with Crippen LogP contribution < -0.4 is 4.90 Å². The normalized spacial score (nSPS) is 10.3. The summed E-state index contributed by atoms with van der Waals surface area (Å²) in [5.74, 6) is -0.186. The number of Topliss-reactive ketones (excluding diaryl/α,β-unsaturated/α-hetero) is 1. The molecule has 1 aromatic carbocycles. The van der Waals surface area contributed by atoms with Gasteiger partial charge in [0, 0.05) is 31.8 Å². The molecule has 0 unspecified atom stereocenters. The van der Waals surface area contributed by atoms with E-state index in [0.29, 0.717) is 30.9 Å². The molecule has 0 aromatic heterocycles. The molecule has 0 fully saturated rings. The predicted octanol–water partition coefficient (Wildman–Crippen LogP) is 2.27. The number of anilines is 1. The van der Waals surface area contributed by atoms with Crippen LogP contribution in [-0.2, 0) is 4.74 Å². The topological polar surface area (TPSA) is 72.7 Å². The van der Waals surface area contributed by atoms with Crippen LogP contribution >= 0.6 is 0 Å². The van der Waals surface area contributed by atoms with Crippen LogP contribution in [0.4, 0.5) is 11.4 Å². The van der Waals surface area contributed by atoms with Gasteiger partial charge in [-0.2, -0.15) is 0 Å². The largest absolute Gasteiger partial charge is 0.383 e. The third kappa shape index (κ3) is 3.75. The second-order valence-corrected chi connectivity index (χ2v) is 4.09. The highest BCUT2D eigenvalue weighted by molar-refractivity contribution is 5.95. The van der Waals surface area contributed by atoms with Gasteiger partial charge in [0.2, 0.25) is 0 Å². The van der Waals surface area contributed by atoms with Gasteiger partial charge in [-0.05, 0) is 26.0 Å². The van der Waals surface area contributed by atoms with Crippen molar-refractivity contribution < 1.29 is 14.5 Å². The monoisotopic (exact) mass is 266 g/mol. The number of methoxy groups -OCH3 is 1. The van der Waals surface area contributed by atoms with Crippen molar-refractivity contribution in [2.24, 2.45) is 0 Å². The van der Waals surface area contributed by atoms with E-state index in [-0.39, 0.29) is 11.5 Å². The number of carbonyl (C=O) groups is 1. The summed E-state index contributed by atoms with van der Waals surface area (Å²) >= 11 is 0. The summed E-state index contributed by atoms with van der Waals surface area (Å²) in [6.07, 6.45) is 0. The number of nitro benzene ring substituents is 1. The van der Waals surface area contributed by atoms with Crippen molar-refractivity contribution in [2.45, 2.75) is 13.8 Å². The van der Waals surface area contributed by atoms with Gasteiger partial charge in [0.15, 0.2) is 5.78 Å². The number of nitrogens with zero attached hydrogens (tertiary/aromatic N) is 2. The highest BCUT2D eigenvalue weighted by Crippen LogP contribution is 2.29. The second kappa shape index (κ2) is 6.84. The molecule has 0 aliphatic heterocycles. The van der Waals surface area contributed by atoms with Crippen molar-refractivity contribution in [3.63, 3.8) is 0 Å². The van der Waals surface area contributed by atoms with E-state index in [9.17, 15) is 14.9 Å². The summed E-state index contributed by atoms with van der Waals surface area (Å²) < 4.78 is 4.99. The van der Waals surface area contributed by atoms with E-state index in [4.69, 9.17) is 4.74 Å². The Balaban J connectivity index is 3.17. The number of carbonyl (C=O) groups excluding carboxylic acids is 1. The molecule has 0 saturated carbocycles.